The Hall–Kier alpha value is -3.31. The summed E-state index contributed by atoms with van der Waals surface area (Å²) in [5.74, 6) is 0. The number of aromatic amines is 1. The van der Waals surface area contributed by atoms with Crippen LogP contribution in [0.15, 0.2) is 61.1 Å². The molecule has 0 aliphatic carbocycles. The minimum absolute atomic E-state index is 0.0272. The maximum atomic E-state index is 9.42. The number of pyridine rings is 1. The first-order chi connectivity index (χ1) is 12.3. The number of aliphatic hydroxyl groups excluding tert-OH is 1. The second-order valence-electron chi connectivity index (χ2n) is 5.97. The molecule has 5 aromatic rings. The summed E-state index contributed by atoms with van der Waals surface area (Å²) in [6, 6.07) is 13.9. The fraction of sp³-hybridized carbons (Fsp3) is 0.0500. The zero-order chi connectivity index (χ0) is 16.8. The largest absolute Gasteiger partial charge is 0.392 e. The Kier molecular flexibility index (Phi) is 3.02. The van der Waals surface area contributed by atoms with E-state index in [1.165, 1.54) is 0 Å². The normalized spacial score (nSPS) is 11.6. The van der Waals surface area contributed by atoms with Gasteiger partial charge in [0.15, 0.2) is 0 Å². The van der Waals surface area contributed by atoms with Gasteiger partial charge in [0, 0.05) is 40.4 Å². The highest BCUT2D eigenvalue weighted by molar-refractivity contribution is 6.12. The fourth-order valence-corrected chi connectivity index (χ4v) is 3.36. The van der Waals surface area contributed by atoms with Crippen LogP contribution in [0.4, 0.5) is 0 Å². The minimum atomic E-state index is 0.0272. The van der Waals surface area contributed by atoms with E-state index in [9.17, 15) is 5.11 Å². The molecule has 0 amide bonds. The first kappa shape index (κ1) is 14.1. The van der Waals surface area contributed by atoms with E-state index in [-0.39, 0.29) is 6.61 Å². The van der Waals surface area contributed by atoms with Crippen LogP contribution < -0.4 is 0 Å². The van der Waals surface area contributed by atoms with E-state index >= 15 is 0 Å². The van der Waals surface area contributed by atoms with Crippen molar-refractivity contribution in [1.82, 2.24) is 19.9 Å². The van der Waals surface area contributed by atoms with Gasteiger partial charge in [-0.25, -0.2) is 0 Å². The summed E-state index contributed by atoms with van der Waals surface area (Å²) in [5.41, 5.74) is 6.36. The summed E-state index contributed by atoms with van der Waals surface area (Å²) in [5, 5.41) is 11.6. The molecule has 0 unspecified atom stereocenters. The predicted octanol–water partition coefficient (Wildman–Crippen LogP) is 3.82. The Balaban J connectivity index is 1.87. The van der Waals surface area contributed by atoms with E-state index in [0.717, 1.165) is 49.7 Å². The number of para-hydroxylation sites is 1. The number of nitrogens with zero attached hydrogens (tertiary/aromatic N) is 3. The van der Waals surface area contributed by atoms with Crippen molar-refractivity contribution in [3.05, 3.63) is 66.6 Å². The highest BCUT2D eigenvalue weighted by atomic mass is 16.3. The lowest BCUT2D eigenvalue weighted by Gasteiger charge is -2.05. The van der Waals surface area contributed by atoms with Crippen molar-refractivity contribution in [2.24, 2.45) is 0 Å². The van der Waals surface area contributed by atoms with Gasteiger partial charge in [0.05, 0.1) is 28.9 Å². The zero-order valence-electron chi connectivity index (χ0n) is 13.3. The number of benzene rings is 2. The van der Waals surface area contributed by atoms with Crippen LogP contribution in [0.2, 0.25) is 0 Å². The fourth-order valence-electron chi connectivity index (χ4n) is 3.36. The standard InChI is InChI=1S/C20H14N4O/c25-11-12-4-5-16-15(10-12)13-6-7-22-19(20(13)24-16)14-2-1-3-17-18(14)23-9-8-21-17/h1-10,24-25H,11H2. The molecular weight excluding hydrogens is 312 g/mol. The highest BCUT2D eigenvalue weighted by Crippen LogP contribution is 2.34. The van der Waals surface area contributed by atoms with Crippen LogP contribution in [0.3, 0.4) is 0 Å². The third-order valence-electron chi connectivity index (χ3n) is 4.52. The summed E-state index contributed by atoms with van der Waals surface area (Å²) < 4.78 is 0. The van der Waals surface area contributed by atoms with Crippen molar-refractivity contribution in [3.8, 4) is 11.3 Å². The Morgan fingerprint density at radius 3 is 2.72 bits per heavy atom. The van der Waals surface area contributed by atoms with Gasteiger partial charge in [-0.1, -0.05) is 18.2 Å². The molecule has 5 heteroatoms. The Morgan fingerprint density at radius 2 is 1.80 bits per heavy atom. The summed E-state index contributed by atoms with van der Waals surface area (Å²) in [6.07, 6.45) is 5.20. The molecule has 0 aliphatic heterocycles. The molecule has 2 aromatic carbocycles. The number of hydrogen-bond donors (Lipinski definition) is 2. The highest BCUT2D eigenvalue weighted by Gasteiger charge is 2.14. The molecule has 0 spiro atoms. The molecule has 0 radical (unpaired) electrons. The average molecular weight is 326 g/mol. The summed E-state index contributed by atoms with van der Waals surface area (Å²) >= 11 is 0. The van der Waals surface area contributed by atoms with Crippen molar-refractivity contribution in [1.29, 1.82) is 0 Å². The molecule has 0 fully saturated rings. The smallest absolute Gasteiger partial charge is 0.0981 e. The molecule has 120 valence electrons. The van der Waals surface area contributed by atoms with Crippen LogP contribution >= 0.6 is 0 Å². The van der Waals surface area contributed by atoms with Gasteiger partial charge in [-0.3, -0.25) is 15.0 Å². The van der Waals surface area contributed by atoms with Gasteiger partial charge >= 0.3 is 0 Å². The lowest BCUT2D eigenvalue weighted by atomic mass is 10.1. The molecule has 3 heterocycles. The van der Waals surface area contributed by atoms with E-state index in [1.807, 2.05) is 48.7 Å². The third kappa shape index (κ3) is 2.10. The first-order valence-electron chi connectivity index (χ1n) is 8.05. The number of H-pyrrole nitrogens is 1. The van der Waals surface area contributed by atoms with Gasteiger partial charge in [0.25, 0.3) is 0 Å². The van der Waals surface area contributed by atoms with Crippen LogP contribution in [0.5, 0.6) is 0 Å². The van der Waals surface area contributed by atoms with E-state index in [0.29, 0.717) is 0 Å². The maximum absolute atomic E-state index is 9.42. The number of rotatable bonds is 2. The molecule has 0 saturated carbocycles. The molecule has 2 N–H and O–H groups in total. The van der Waals surface area contributed by atoms with Crippen LogP contribution in [-0.4, -0.2) is 25.0 Å². The number of hydrogen-bond acceptors (Lipinski definition) is 4. The van der Waals surface area contributed by atoms with Crippen molar-refractivity contribution >= 4 is 32.8 Å². The predicted molar refractivity (Wildman–Crippen MR) is 98.1 cm³/mol. The zero-order valence-corrected chi connectivity index (χ0v) is 13.3. The monoisotopic (exact) mass is 326 g/mol. The Labute approximate surface area is 143 Å². The molecule has 0 saturated heterocycles. The summed E-state index contributed by atoms with van der Waals surface area (Å²) in [4.78, 5) is 17.0. The number of aliphatic hydroxyl groups is 1. The van der Waals surface area contributed by atoms with Crippen LogP contribution in [0.1, 0.15) is 5.56 Å². The van der Waals surface area contributed by atoms with E-state index in [2.05, 4.69) is 19.9 Å². The summed E-state index contributed by atoms with van der Waals surface area (Å²) in [7, 11) is 0. The third-order valence-corrected chi connectivity index (χ3v) is 4.52. The molecule has 0 bridgehead atoms. The maximum Gasteiger partial charge on any atom is 0.0981 e. The molecule has 25 heavy (non-hydrogen) atoms. The van der Waals surface area contributed by atoms with Crippen molar-refractivity contribution in [2.45, 2.75) is 6.61 Å². The second-order valence-corrected chi connectivity index (χ2v) is 5.97. The van der Waals surface area contributed by atoms with Crippen molar-refractivity contribution in [2.75, 3.05) is 0 Å². The van der Waals surface area contributed by atoms with Gasteiger partial charge in [-0.15, -0.1) is 0 Å². The molecule has 3 aromatic heterocycles. The lowest BCUT2D eigenvalue weighted by Crippen LogP contribution is -1.90. The Bertz CT molecular complexity index is 1240. The van der Waals surface area contributed by atoms with Gasteiger partial charge in [-0.05, 0) is 29.8 Å². The Morgan fingerprint density at radius 1 is 0.880 bits per heavy atom. The molecule has 5 rings (SSSR count). The number of nitrogens with one attached hydrogen (secondary N) is 1. The van der Waals surface area contributed by atoms with E-state index in [1.54, 1.807) is 12.4 Å². The number of aromatic nitrogens is 4. The van der Waals surface area contributed by atoms with Crippen molar-refractivity contribution in [3.63, 3.8) is 0 Å². The average Bonchev–Trinajstić information content (AvgIpc) is 3.05. The SMILES string of the molecule is OCc1ccc2[nH]c3c(-c4cccc5nccnc45)nccc3c2c1. The van der Waals surface area contributed by atoms with Crippen molar-refractivity contribution < 1.29 is 5.11 Å². The first-order valence-corrected chi connectivity index (χ1v) is 8.05. The van der Waals surface area contributed by atoms with Gasteiger partial charge in [0.1, 0.15) is 0 Å². The van der Waals surface area contributed by atoms with E-state index < -0.39 is 0 Å². The van der Waals surface area contributed by atoms with E-state index in [4.69, 9.17) is 0 Å². The second kappa shape index (κ2) is 5.36. The van der Waals surface area contributed by atoms with Crippen LogP contribution in [0, 0.1) is 0 Å². The molecule has 0 aliphatic rings. The minimum Gasteiger partial charge on any atom is -0.392 e. The molecule has 5 nitrogen and oxygen atoms in total. The quantitative estimate of drug-likeness (QED) is 0.517. The molecular formula is C20H14N4O. The van der Waals surface area contributed by atoms with Crippen LogP contribution in [-0.2, 0) is 6.61 Å². The number of fused-ring (bicyclic) bond motifs is 4. The summed E-state index contributed by atoms with van der Waals surface area (Å²) in [6.45, 7) is 0.0272. The lowest BCUT2D eigenvalue weighted by molar-refractivity contribution is 0.282. The topological polar surface area (TPSA) is 74.7 Å². The van der Waals surface area contributed by atoms with Gasteiger partial charge in [-0.2, -0.15) is 0 Å². The van der Waals surface area contributed by atoms with Gasteiger partial charge in [0.2, 0.25) is 0 Å². The molecule has 0 atom stereocenters. The van der Waals surface area contributed by atoms with Gasteiger partial charge < -0.3 is 10.1 Å². The van der Waals surface area contributed by atoms with Crippen LogP contribution in [0.25, 0.3) is 44.1 Å².